The first-order valence-electron chi connectivity index (χ1n) is 6.49. The lowest BCUT2D eigenvalue weighted by Gasteiger charge is -2.41. The van der Waals surface area contributed by atoms with Gasteiger partial charge in [0.25, 0.3) is 0 Å². The highest BCUT2D eigenvalue weighted by Crippen LogP contribution is 2.15. The van der Waals surface area contributed by atoms with Crippen molar-refractivity contribution in [3.05, 3.63) is 11.8 Å². The molecule has 0 N–H and O–H groups in total. The first-order chi connectivity index (χ1) is 7.31. The van der Waals surface area contributed by atoms with Gasteiger partial charge < -0.3 is 4.90 Å². The molecule has 1 atom stereocenters. The van der Waals surface area contributed by atoms with Crippen LogP contribution in [-0.4, -0.2) is 34.6 Å². The maximum atomic E-state index is 2.51. The van der Waals surface area contributed by atoms with E-state index >= 15 is 0 Å². The maximum absolute atomic E-state index is 2.51. The molecule has 0 rings (SSSR count). The average Bonchev–Trinajstić information content (AvgIpc) is 2.13. The third-order valence-corrected chi connectivity index (χ3v) is 2.94. The molecule has 0 aliphatic heterocycles. The molecule has 0 fully saturated rings. The van der Waals surface area contributed by atoms with Crippen LogP contribution in [0, 0.1) is 0 Å². The molecule has 2 heteroatoms. The number of hydrogen-bond acceptors (Lipinski definition) is 2. The molecule has 0 saturated carbocycles. The molecule has 0 amide bonds. The van der Waals surface area contributed by atoms with E-state index in [0.29, 0.717) is 18.2 Å². The molecule has 0 bridgehead atoms. The molecule has 1 unspecified atom stereocenters. The van der Waals surface area contributed by atoms with Crippen molar-refractivity contribution in [1.82, 2.24) is 9.80 Å². The van der Waals surface area contributed by atoms with Gasteiger partial charge in [0.1, 0.15) is 0 Å². The van der Waals surface area contributed by atoms with E-state index < -0.39 is 0 Å². The van der Waals surface area contributed by atoms with E-state index in [2.05, 4.69) is 71.4 Å². The summed E-state index contributed by atoms with van der Waals surface area (Å²) in [4.78, 5) is 4.96. The van der Waals surface area contributed by atoms with Crippen LogP contribution in [0.15, 0.2) is 11.8 Å². The Morgan fingerprint density at radius 2 is 1.50 bits per heavy atom. The van der Waals surface area contributed by atoms with Gasteiger partial charge in [-0.15, -0.1) is 0 Å². The minimum atomic E-state index is 0.458. The maximum Gasteiger partial charge on any atom is 0.0791 e. The summed E-state index contributed by atoms with van der Waals surface area (Å²) in [6.45, 7) is 19.0. The minimum absolute atomic E-state index is 0.458. The topological polar surface area (TPSA) is 6.48 Å². The summed E-state index contributed by atoms with van der Waals surface area (Å²) in [5, 5.41) is 0. The van der Waals surface area contributed by atoms with Gasteiger partial charge in [-0.25, -0.2) is 0 Å². The van der Waals surface area contributed by atoms with Gasteiger partial charge in [-0.2, -0.15) is 0 Å². The lowest BCUT2D eigenvalue weighted by Crippen LogP contribution is -2.49. The van der Waals surface area contributed by atoms with Crippen LogP contribution >= 0.6 is 0 Å². The van der Waals surface area contributed by atoms with Gasteiger partial charge >= 0.3 is 0 Å². The third-order valence-electron chi connectivity index (χ3n) is 2.94. The third kappa shape index (κ3) is 4.56. The fourth-order valence-corrected chi connectivity index (χ4v) is 2.22. The van der Waals surface area contributed by atoms with Gasteiger partial charge in [0.05, 0.1) is 6.17 Å². The summed E-state index contributed by atoms with van der Waals surface area (Å²) < 4.78 is 0. The van der Waals surface area contributed by atoms with E-state index in [1.165, 1.54) is 5.57 Å². The van der Waals surface area contributed by atoms with Crippen molar-refractivity contribution in [2.45, 2.75) is 73.6 Å². The quantitative estimate of drug-likeness (QED) is 0.637. The molecule has 2 nitrogen and oxygen atoms in total. The van der Waals surface area contributed by atoms with E-state index in [0.717, 1.165) is 6.54 Å². The monoisotopic (exact) mass is 226 g/mol. The predicted molar refractivity (Wildman–Crippen MR) is 73.4 cm³/mol. The Hall–Kier alpha value is -0.500. The highest BCUT2D eigenvalue weighted by Gasteiger charge is 2.21. The van der Waals surface area contributed by atoms with Crippen LogP contribution in [0.2, 0.25) is 0 Å². The van der Waals surface area contributed by atoms with Crippen LogP contribution in [0.25, 0.3) is 0 Å². The summed E-state index contributed by atoms with van der Waals surface area (Å²) in [6, 6.07) is 1.13. The summed E-state index contributed by atoms with van der Waals surface area (Å²) in [6.07, 6.45) is 2.74. The van der Waals surface area contributed by atoms with Crippen LogP contribution < -0.4 is 0 Å². The van der Waals surface area contributed by atoms with Crippen LogP contribution in [0.5, 0.6) is 0 Å². The number of rotatable bonds is 6. The van der Waals surface area contributed by atoms with Crippen LogP contribution in [0.4, 0.5) is 0 Å². The molecule has 0 aliphatic carbocycles. The van der Waals surface area contributed by atoms with Gasteiger partial charge in [0.15, 0.2) is 0 Å². The molecule has 0 aromatic heterocycles. The smallest absolute Gasteiger partial charge is 0.0791 e. The Kier molecular flexibility index (Phi) is 6.73. The number of nitrogens with zero attached hydrogens (tertiary/aromatic N) is 2. The van der Waals surface area contributed by atoms with Gasteiger partial charge in [0, 0.05) is 12.1 Å². The van der Waals surface area contributed by atoms with Crippen molar-refractivity contribution in [3.63, 3.8) is 0 Å². The van der Waals surface area contributed by atoms with Crippen LogP contribution in [0.3, 0.4) is 0 Å². The summed E-state index contributed by atoms with van der Waals surface area (Å²) in [5.74, 6) is 0. The van der Waals surface area contributed by atoms with Gasteiger partial charge in [-0.05, 0) is 61.2 Å². The summed E-state index contributed by atoms with van der Waals surface area (Å²) in [5.41, 5.74) is 1.36. The standard InChI is InChI=1S/C14H30N2/c1-9-15(12(4)5)14(8)16(13(6)7)10-11(2)3/h10,12-14H,9H2,1-8H3. The SMILES string of the molecule is CCN(C(C)C)C(C)N(C=C(C)C)C(C)C. The van der Waals surface area contributed by atoms with Crippen molar-refractivity contribution < 1.29 is 0 Å². The van der Waals surface area contributed by atoms with Crippen molar-refractivity contribution in [3.8, 4) is 0 Å². The molecule has 0 spiro atoms. The van der Waals surface area contributed by atoms with E-state index in [4.69, 9.17) is 0 Å². The Bertz CT molecular complexity index is 215. The fraction of sp³-hybridized carbons (Fsp3) is 0.857. The Labute approximate surface area is 102 Å². The van der Waals surface area contributed by atoms with Crippen LogP contribution in [0.1, 0.15) is 55.4 Å². The highest BCUT2D eigenvalue weighted by molar-refractivity contribution is 4.95. The van der Waals surface area contributed by atoms with Gasteiger partial charge in [0.2, 0.25) is 0 Å². The van der Waals surface area contributed by atoms with Crippen LogP contribution in [-0.2, 0) is 0 Å². The number of allylic oxidation sites excluding steroid dienone is 1. The average molecular weight is 226 g/mol. The second-order valence-corrected chi connectivity index (χ2v) is 5.30. The van der Waals surface area contributed by atoms with Crippen molar-refractivity contribution in [2.24, 2.45) is 0 Å². The highest BCUT2D eigenvalue weighted by atomic mass is 15.4. The molecule has 0 aromatic rings. The molecule has 96 valence electrons. The normalized spacial score (nSPS) is 13.4. The summed E-state index contributed by atoms with van der Waals surface area (Å²) >= 11 is 0. The molecule has 0 aromatic carbocycles. The first-order valence-corrected chi connectivity index (χ1v) is 6.49. The fourth-order valence-electron chi connectivity index (χ4n) is 2.22. The second kappa shape index (κ2) is 6.95. The number of hydrogen-bond donors (Lipinski definition) is 0. The lowest BCUT2D eigenvalue weighted by atomic mass is 10.2. The Morgan fingerprint density at radius 1 is 1.00 bits per heavy atom. The minimum Gasteiger partial charge on any atom is -0.360 e. The Balaban J connectivity index is 4.85. The van der Waals surface area contributed by atoms with Gasteiger partial charge in [-0.3, -0.25) is 4.90 Å². The first kappa shape index (κ1) is 15.5. The molecule has 0 aliphatic rings. The van der Waals surface area contributed by atoms with E-state index in [-0.39, 0.29) is 0 Å². The molecule has 16 heavy (non-hydrogen) atoms. The van der Waals surface area contributed by atoms with E-state index in [1.807, 2.05) is 0 Å². The zero-order valence-electron chi connectivity index (χ0n) is 12.4. The van der Waals surface area contributed by atoms with Gasteiger partial charge in [-0.1, -0.05) is 12.5 Å². The zero-order chi connectivity index (χ0) is 12.9. The zero-order valence-corrected chi connectivity index (χ0v) is 12.4. The second-order valence-electron chi connectivity index (χ2n) is 5.30. The predicted octanol–water partition coefficient (Wildman–Crippen LogP) is 3.70. The van der Waals surface area contributed by atoms with E-state index in [9.17, 15) is 0 Å². The molecular formula is C14H30N2. The van der Waals surface area contributed by atoms with Crippen molar-refractivity contribution >= 4 is 0 Å². The summed E-state index contributed by atoms with van der Waals surface area (Å²) in [7, 11) is 0. The van der Waals surface area contributed by atoms with Crippen molar-refractivity contribution in [1.29, 1.82) is 0 Å². The Morgan fingerprint density at radius 3 is 1.75 bits per heavy atom. The molecule has 0 saturated heterocycles. The molecular weight excluding hydrogens is 196 g/mol. The van der Waals surface area contributed by atoms with Crippen molar-refractivity contribution in [2.75, 3.05) is 6.54 Å². The molecule has 0 heterocycles. The lowest BCUT2D eigenvalue weighted by molar-refractivity contribution is 0.0503. The molecule has 0 radical (unpaired) electrons. The largest absolute Gasteiger partial charge is 0.360 e. The van der Waals surface area contributed by atoms with E-state index in [1.54, 1.807) is 0 Å².